The van der Waals surface area contributed by atoms with E-state index in [1.807, 2.05) is 12.5 Å². The van der Waals surface area contributed by atoms with E-state index in [4.69, 9.17) is 4.74 Å². The van der Waals surface area contributed by atoms with E-state index in [9.17, 15) is 0 Å². The summed E-state index contributed by atoms with van der Waals surface area (Å²) in [6, 6.07) is 0. The third-order valence-electron chi connectivity index (χ3n) is 2.24. The molecular formula is C12H18O. The van der Waals surface area contributed by atoms with Gasteiger partial charge in [-0.2, -0.15) is 0 Å². The van der Waals surface area contributed by atoms with E-state index in [1.165, 1.54) is 22.3 Å². The lowest BCUT2D eigenvalue weighted by Crippen LogP contribution is -2.05. The molecule has 0 aromatic heterocycles. The average molecular weight is 178 g/mol. The maximum atomic E-state index is 5.28. The Morgan fingerprint density at radius 2 is 1.85 bits per heavy atom. The molecule has 1 nitrogen and oxygen atoms in total. The van der Waals surface area contributed by atoms with Gasteiger partial charge in [0, 0.05) is 0 Å². The van der Waals surface area contributed by atoms with Crippen molar-refractivity contribution in [2.45, 2.75) is 34.6 Å². The average Bonchev–Trinajstić information content (AvgIpc) is 2.02. The second kappa shape index (κ2) is 3.82. The molecule has 0 N–H and O–H groups in total. The summed E-state index contributed by atoms with van der Waals surface area (Å²) in [5.74, 6) is 0.522. The molecule has 0 bridgehead atoms. The fraction of sp³-hybridized carbons (Fsp3) is 0.500. The van der Waals surface area contributed by atoms with Gasteiger partial charge in [-0.25, -0.2) is 0 Å². The summed E-state index contributed by atoms with van der Waals surface area (Å²) in [4.78, 5) is 0. The minimum absolute atomic E-state index is 0.522. The van der Waals surface area contributed by atoms with Gasteiger partial charge in [-0.15, -0.1) is 0 Å². The van der Waals surface area contributed by atoms with E-state index in [0.717, 1.165) is 0 Å². The first-order valence-electron chi connectivity index (χ1n) is 4.74. The zero-order valence-electron chi connectivity index (χ0n) is 9.14. The summed E-state index contributed by atoms with van der Waals surface area (Å²) in [6.07, 6.45) is 3.67. The molecule has 0 radical (unpaired) electrons. The predicted molar refractivity (Wildman–Crippen MR) is 56.1 cm³/mol. The molecule has 0 aromatic carbocycles. The fourth-order valence-electron chi connectivity index (χ4n) is 1.66. The summed E-state index contributed by atoms with van der Waals surface area (Å²) >= 11 is 0. The van der Waals surface area contributed by atoms with Crippen LogP contribution in [0.4, 0.5) is 0 Å². The summed E-state index contributed by atoms with van der Waals surface area (Å²) in [5.41, 5.74) is 5.25. The van der Waals surface area contributed by atoms with Gasteiger partial charge in [-0.05, 0) is 43.4 Å². The highest BCUT2D eigenvalue weighted by Gasteiger charge is 2.16. The highest BCUT2D eigenvalue weighted by atomic mass is 16.5. The number of hydrogen-bond acceptors (Lipinski definition) is 1. The van der Waals surface area contributed by atoms with Crippen LogP contribution < -0.4 is 0 Å². The molecule has 13 heavy (non-hydrogen) atoms. The molecule has 1 aliphatic heterocycles. The van der Waals surface area contributed by atoms with Crippen molar-refractivity contribution in [1.29, 1.82) is 0 Å². The van der Waals surface area contributed by atoms with Crippen LogP contribution >= 0.6 is 0 Å². The van der Waals surface area contributed by atoms with Crippen molar-refractivity contribution in [3.05, 3.63) is 34.8 Å². The number of hydrogen-bond donors (Lipinski definition) is 0. The zero-order valence-corrected chi connectivity index (χ0v) is 9.14. The van der Waals surface area contributed by atoms with Crippen LogP contribution in [0.15, 0.2) is 34.8 Å². The van der Waals surface area contributed by atoms with Crippen molar-refractivity contribution >= 4 is 0 Å². The van der Waals surface area contributed by atoms with Crippen LogP contribution in [0, 0.1) is 5.92 Å². The second-order valence-corrected chi connectivity index (χ2v) is 4.04. The van der Waals surface area contributed by atoms with Crippen molar-refractivity contribution in [2.75, 3.05) is 0 Å². The van der Waals surface area contributed by atoms with Crippen LogP contribution in [0.3, 0.4) is 0 Å². The van der Waals surface area contributed by atoms with E-state index in [-0.39, 0.29) is 0 Å². The quantitative estimate of drug-likeness (QED) is 0.593. The van der Waals surface area contributed by atoms with Crippen LogP contribution in [0.2, 0.25) is 0 Å². The van der Waals surface area contributed by atoms with E-state index in [1.54, 1.807) is 0 Å². The number of ether oxygens (including phenoxy) is 1. The van der Waals surface area contributed by atoms with Crippen LogP contribution in [-0.2, 0) is 4.74 Å². The topological polar surface area (TPSA) is 9.23 Å². The molecule has 0 aliphatic carbocycles. The van der Waals surface area contributed by atoms with Gasteiger partial charge < -0.3 is 4.74 Å². The SMILES string of the molecule is CC1=COC=C(C(C)C)C1=C(C)C. The minimum Gasteiger partial charge on any atom is -0.472 e. The van der Waals surface area contributed by atoms with Crippen molar-refractivity contribution < 1.29 is 4.74 Å². The smallest absolute Gasteiger partial charge is 0.0942 e. The van der Waals surface area contributed by atoms with Crippen molar-refractivity contribution in [2.24, 2.45) is 5.92 Å². The standard InChI is InChI=1S/C12H18O/c1-8(2)11-7-13-6-10(5)12(11)9(3)4/h6-8H,1-5H3. The molecule has 0 spiro atoms. The molecular weight excluding hydrogens is 160 g/mol. The summed E-state index contributed by atoms with van der Waals surface area (Å²) in [5, 5.41) is 0. The van der Waals surface area contributed by atoms with Gasteiger partial charge >= 0.3 is 0 Å². The Morgan fingerprint density at radius 3 is 2.23 bits per heavy atom. The van der Waals surface area contributed by atoms with Crippen molar-refractivity contribution in [3.63, 3.8) is 0 Å². The zero-order chi connectivity index (χ0) is 10.0. The molecule has 72 valence electrons. The van der Waals surface area contributed by atoms with Gasteiger partial charge in [0.15, 0.2) is 0 Å². The molecule has 1 heteroatoms. The minimum atomic E-state index is 0.522. The van der Waals surface area contributed by atoms with Crippen LogP contribution in [-0.4, -0.2) is 0 Å². The predicted octanol–water partition coefficient (Wildman–Crippen LogP) is 3.80. The second-order valence-electron chi connectivity index (χ2n) is 4.04. The molecule has 0 unspecified atom stereocenters. The Balaban J connectivity index is 3.12. The molecule has 0 atom stereocenters. The Morgan fingerprint density at radius 1 is 1.23 bits per heavy atom. The summed E-state index contributed by atoms with van der Waals surface area (Å²) < 4.78 is 5.28. The van der Waals surface area contributed by atoms with Gasteiger partial charge in [-0.1, -0.05) is 19.4 Å². The molecule has 0 fully saturated rings. The Kier molecular flexibility index (Phi) is 2.97. The van der Waals surface area contributed by atoms with Crippen LogP contribution in [0.5, 0.6) is 0 Å². The molecule has 1 heterocycles. The third kappa shape index (κ3) is 2.03. The first-order chi connectivity index (χ1) is 6.04. The van der Waals surface area contributed by atoms with Gasteiger partial charge in [0.1, 0.15) is 0 Å². The molecule has 0 saturated heterocycles. The Labute approximate surface area is 80.8 Å². The van der Waals surface area contributed by atoms with Gasteiger partial charge in [0.05, 0.1) is 12.5 Å². The highest BCUT2D eigenvalue weighted by molar-refractivity contribution is 5.49. The third-order valence-corrected chi connectivity index (χ3v) is 2.24. The Hall–Kier alpha value is -0.980. The van der Waals surface area contributed by atoms with Gasteiger partial charge in [-0.3, -0.25) is 0 Å². The lowest BCUT2D eigenvalue weighted by molar-refractivity contribution is 0.382. The lowest BCUT2D eigenvalue weighted by atomic mass is 9.88. The molecule has 0 amide bonds. The Bertz CT molecular complexity index is 286. The maximum absolute atomic E-state index is 5.28. The molecule has 0 saturated carbocycles. The van der Waals surface area contributed by atoms with Crippen molar-refractivity contribution in [3.8, 4) is 0 Å². The van der Waals surface area contributed by atoms with Gasteiger partial charge in [0.2, 0.25) is 0 Å². The summed E-state index contributed by atoms with van der Waals surface area (Å²) in [6.45, 7) is 10.8. The summed E-state index contributed by atoms with van der Waals surface area (Å²) in [7, 11) is 0. The first kappa shape index (κ1) is 10.1. The van der Waals surface area contributed by atoms with E-state index >= 15 is 0 Å². The fourth-order valence-corrected chi connectivity index (χ4v) is 1.66. The number of allylic oxidation sites excluding steroid dienone is 4. The molecule has 1 aliphatic rings. The normalized spacial score (nSPS) is 16.6. The van der Waals surface area contributed by atoms with Gasteiger partial charge in [0.25, 0.3) is 0 Å². The van der Waals surface area contributed by atoms with Crippen LogP contribution in [0.25, 0.3) is 0 Å². The largest absolute Gasteiger partial charge is 0.472 e. The molecule has 0 aromatic rings. The first-order valence-corrected chi connectivity index (χ1v) is 4.74. The van der Waals surface area contributed by atoms with E-state index in [0.29, 0.717) is 5.92 Å². The molecule has 1 rings (SSSR count). The van der Waals surface area contributed by atoms with E-state index < -0.39 is 0 Å². The maximum Gasteiger partial charge on any atom is 0.0942 e. The lowest BCUT2D eigenvalue weighted by Gasteiger charge is -2.21. The number of rotatable bonds is 1. The highest BCUT2D eigenvalue weighted by Crippen LogP contribution is 2.31. The van der Waals surface area contributed by atoms with E-state index in [2.05, 4.69) is 34.6 Å². The van der Waals surface area contributed by atoms with Crippen molar-refractivity contribution in [1.82, 2.24) is 0 Å². The van der Waals surface area contributed by atoms with Crippen LogP contribution in [0.1, 0.15) is 34.6 Å². The monoisotopic (exact) mass is 178 g/mol.